The molecule has 2 aliphatic rings. The molecule has 2 aromatic heterocycles. The van der Waals surface area contributed by atoms with Crippen molar-refractivity contribution in [1.82, 2.24) is 19.9 Å². The minimum absolute atomic E-state index is 0.224. The van der Waals surface area contributed by atoms with E-state index in [2.05, 4.69) is 42.5 Å². The van der Waals surface area contributed by atoms with Gasteiger partial charge in [0, 0.05) is 60.1 Å². The standard InChI is InChI=1S/C20H20Cl2N4.C20H21FN4/c21-15-9-8-14(17(22)12-15)13-23-20-24-18-7-3-2-6-16(18)19(25-20)26-10-4-1-5-11-26;21-16-10-8-15(9-11-16)14-22-20-23-18-7-3-2-6-17(18)19(24-20)25-12-4-1-5-13-25/h2-3,6-9,12H,1,4-5,10-11,13H2,(H,23,24,25);2-3,6-11H,1,4-5,12-14H2,(H,22,23,24). The van der Waals surface area contributed by atoms with Gasteiger partial charge in [0.05, 0.1) is 11.0 Å². The Labute approximate surface area is 308 Å². The Kier molecular flexibility index (Phi) is 11.2. The van der Waals surface area contributed by atoms with Crippen LogP contribution in [0.25, 0.3) is 21.8 Å². The fourth-order valence-electron chi connectivity index (χ4n) is 6.59. The second-order valence-corrected chi connectivity index (χ2v) is 13.8. The van der Waals surface area contributed by atoms with Crippen molar-refractivity contribution in [3.63, 3.8) is 0 Å². The monoisotopic (exact) mass is 722 g/mol. The number of benzene rings is 4. The third-order valence-electron chi connectivity index (χ3n) is 9.29. The van der Waals surface area contributed by atoms with Crippen LogP contribution in [0, 0.1) is 5.82 Å². The summed E-state index contributed by atoms with van der Waals surface area (Å²) in [6.45, 7) is 5.29. The number of nitrogens with one attached hydrogen (secondary N) is 2. The first-order valence-electron chi connectivity index (χ1n) is 17.7. The fraction of sp³-hybridized carbons (Fsp3) is 0.300. The second kappa shape index (κ2) is 16.5. The van der Waals surface area contributed by atoms with Crippen LogP contribution in [-0.2, 0) is 13.1 Å². The molecular formula is C40H41Cl2FN8. The number of para-hydroxylation sites is 2. The molecule has 6 aromatic rings. The number of hydrogen-bond acceptors (Lipinski definition) is 8. The maximum absolute atomic E-state index is 13.0. The summed E-state index contributed by atoms with van der Waals surface area (Å²) in [6.07, 6.45) is 7.41. The molecule has 262 valence electrons. The number of anilines is 4. The van der Waals surface area contributed by atoms with Crippen LogP contribution in [0.1, 0.15) is 49.7 Å². The topological polar surface area (TPSA) is 82.1 Å². The van der Waals surface area contributed by atoms with E-state index in [1.54, 1.807) is 18.2 Å². The van der Waals surface area contributed by atoms with Gasteiger partial charge in [0.2, 0.25) is 11.9 Å². The van der Waals surface area contributed by atoms with Gasteiger partial charge >= 0.3 is 0 Å². The molecule has 4 aromatic carbocycles. The highest BCUT2D eigenvalue weighted by atomic mass is 35.5. The van der Waals surface area contributed by atoms with Crippen molar-refractivity contribution in [2.45, 2.75) is 51.6 Å². The van der Waals surface area contributed by atoms with Gasteiger partial charge in [0.15, 0.2) is 0 Å². The Morgan fingerprint density at radius 1 is 0.569 bits per heavy atom. The predicted octanol–water partition coefficient (Wildman–Crippen LogP) is 9.91. The molecule has 0 radical (unpaired) electrons. The molecule has 2 fully saturated rings. The molecule has 2 N–H and O–H groups in total. The summed E-state index contributed by atoms with van der Waals surface area (Å²) in [5.74, 6) is 3.03. The molecule has 51 heavy (non-hydrogen) atoms. The number of piperidine rings is 2. The molecule has 0 amide bonds. The average Bonchev–Trinajstić information content (AvgIpc) is 3.17. The van der Waals surface area contributed by atoms with E-state index in [0.717, 1.165) is 70.7 Å². The van der Waals surface area contributed by atoms with Crippen LogP contribution >= 0.6 is 23.2 Å². The summed E-state index contributed by atoms with van der Waals surface area (Å²) in [4.78, 5) is 23.7. The number of fused-ring (bicyclic) bond motifs is 2. The number of nitrogens with zero attached hydrogens (tertiary/aromatic N) is 6. The Morgan fingerprint density at radius 3 is 1.61 bits per heavy atom. The van der Waals surface area contributed by atoms with Gasteiger partial charge in [-0.1, -0.05) is 65.7 Å². The summed E-state index contributed by atoms with van der Waals surface area (Å²) < 4.78 is 13.0. The van der Waals surface area contributed by atoms with Crippen LogP contribution in [0.3, 0.4) is 0 Å². The Bertz CT molecular complexity index is 2080. The van der Waals surface area contributed by atoms with E-state index in [1.807, 2.05) is 48.5 Å². The molecule has 0 spiro atoms. The first-order valence-corrected chi connectivity index (χ1v) is 18.5. The van der Waals surface area contributed by atoms with Gasteiger partial charge in [-0.3, -0.25) is 0 Å². The molecule has 4 heterocycles. The van der Waals surface area contributed by atoms with E-state index in [-0.39, 0.29) is 5.82 Å². The summed E-state index contributed by atoms with van der Waals surface area (Å²) in [6, 6.07) is 28.3. The van der Waals surface area contributed by atoms with E-state index >= 15 is 0 Å². The molecule has 8 nitrogen and oxygen atoms in total. The highest BCUT2D eigenvalue weighted by Gasteiger charge is 2.18. The maximum atomic E-state index is 13.0. The van der Waals surface area contributed by atoms with Crippen LogP contribution in [-0.4, -0.2) is 46.1 Å². The van der Waals surface area contributed by atoms with Crippen molar-refractivity contribution in [3.8, 4) is 0 Å². The van der Waals surface area contributed by atoms with E-state index in [1.165, 1.54) is 50.7 Å². The predicted molar refractivity (Wildman–Crippen MR) is 209 cm³/mol. The van der Waals surface area contributed by atoms with E-state index < -0.39 is 0 Å². The Hall–Kier alpha value is -4.73. The van der Waals surface area contributed by atoms with Gasteiger partial charge in [0.25, 0.3) is 0 Å². The van der Waals surface area contributed by atoms with Gasteiger partial charge in [-0.15, -0.1) is 0 Å². The van der Waals surface area contributed by atoms with Gasteiger partial charge in [-0.25, -0.2) is 14.4 Å². The third-order valence-corrected chi connectivity index (χ3v) is 9.88. The van der Waals surface area contributed by atoms with Crippen molar-refractivity contribution in [3.05, 3.63) is 118 Å². The lowest BCUT2D eigenvalue weighted by Crippen LogP contribution is -2.30. The summed E-state index contributed by atoms with van der Waals surface area (Å²) in [5, 5.41) is 10.1. The lowest BCUT2D eigenvalue weighted by molar-refractivity contribution is 0.574. The molecule has 8 rings (SSSR count). The number of aromatic nitrogens is 4. The first-order chi connectivity index (χ1) is 25.0. The van der Waals surface area contributed by atoms with Crippen LogP contribution in [0.5, 0.6) is 0 Å². The van der Waals surface area contributed by atoms with Crippen molar-refractivity contribution in [1.29, 1.82) is 0 Å². The quantitative estimate of drug-likeness (QED) is 0.161. The zero-order valence-corrected chi connectivity index (χ0v) is 30.0. The molecular weight excluding hydrogens is 682 g/mol. The van der Waals surface area contributed by atoms with Crippen molar-refractivity contribution in [2.75, 3.05) is 46.6 Å². The molecule has 0 aliphatic carbocycles. The fourth-order valence-corrected chi connectivity index (χ4v) is 7.07. The van der Waals surface area contributed by atoms with E-state index in [0.29, 0.717) is 35.0 Å². The number of rotatable bonds is 8. The zero-order valence-electron chi connectivity index (χ0n) is 28.5. The molecule has 2 saturated heterocycles. The summed E-state index contributed by atoms with van der Waals surface area (Å²) >= 11 is 12.2. The molecule has 2 aliphatic heterocycles. The molecule has 11 heteroatoms. The molecule has 0 saturated carbocycles. The Morgan fingerprint density at radius 2 is 1.08 bits per heavy atom. The second-order valence-electron chi connectivity index (χ2n) is 12.9. The van der Waals surface area contributed by atoms with Gasteiger partial charge in [-0.2, -0.15) is 9.97 Å². The van der Waals surface area contributed by atoms with Crippen LogP contribution in [0.4, 0.5) is 27.9 Å². The highest BCUT2D eigenvalue weighted by Crippen LogP contribution is 2.30. The van der Waals surface area contributed by atoms with Crippen molar-refractivity contribution >= 4 is 68.5 Å². The van der Waals surface area contributed by atoms with Crippen molar-refractivity contribution < 1.29 is 4.39 Å². The SMILES string of the molecule is Clc1ccc(CNc2nc(N3CCCCC3)c3ccccc3n2)c(Cl)c1.Fc1ccc(CNc2nc(N3CCCCC3)c3ccccc3n2)cc1. The largest absolute Gasteiger partial charge is 0.356 e. The van der Waals surface area contributed by atoms with E-state index in [9.17, 15) is 4.39 Å². The van der Waals surface area contributed by atoms with E-state index in [4.69, 9.17) is 33.2 Å². The lowest BCUT2D eigenvalue weighted by atomic mass is 10.1. The molecule has 0 unspecified atom stereocenters. The Balaban J connectivity index is 0.000000159. The van der Waals surface area contributed by atoms with Crippen molar-refractivity contribution in [2.24, 2.45) is 0 Å². The van der Waals surface area contributed by atoms with Crippen LogP contribution < -0.4 is 20.4 Å². The van der Waals surface area contributed by atoms with Gasteiger partial charge in [-0.05, 0) is 98.2 Å². The minimum atomic E-state index is -0.224. The van der Waals surface area contributed by atoms with Crippen LogP contribution in [0.2, 0.25) is 10.0 Å². The highest BCUT2D eigenvalue weighted by molar-refractivity contribution is 6.35. The summed E-state index contributed by atoms with van der Waals surface area (Å²) in [5.41, 5.74) is 3.86. The van der Waals surface area contributed by atoms with Crippen LogP contribution in [0.15, 0.2) is 91.0 Å². The third kappa shape index (κ3) is 8.78. The first kappa shape index (κ1) is 34.7. The minimum Gasteiger partial charge on any atom is -0.356 e. The smallest absolute Gasteiger partial charge is 0.225 e. The normalized spacial score (nSPS) is 14.6. The average molecular weight is 724 g/mol. The number of hydrogen-bond donors (Lipinski definition) is 2. The molecule has 0 atom stereocenters. The van der Waals surface area contributed by atoms with Gasteiger partial charge in [0.1, 0.15) is 17.5 Å². The van der Waals surface area contributed by atoms with Gasteiger partial charge < -0.3 is 20.4 Å². The lowest BCUT2D eigenvalue weighted by Gasteiger charge is -2.29. The summed E-state index contributed by atoms with van der Waals surface area (Å²) in [7, 11) is 0. The maximum Gasteiger partial charge on any atom is 0.225 e. The number of halogens is 3. The molecule has 0 bridgehead atoms. The zero-order chi connectivity index (χ0) is 35.0.